The van der Waals surface area contributed by atoms with Crippen LogP contribution in [-0.4, -0.2) is 59.0 Å². The molecule has 0 aliphatic heterocycles. The standard InChI is InChI=1S/C15H24N4O3S/c1-18(2)15(13-7-5-8-14(11-13)22-4)12-17-23(20,21)19(3)10-6-9-16/h5,7-8,11,15,17H,6,10,12H2,1-4H3. The predicted molar refractivity (Wildman–Crippen MR) is 89.2 cm³/mol. The average molecular weight is 340 g/mol. The monoisotopic (exact) mass is 340 g/mol. The van der Waals surface area contributed by atoms with E-state index in [0.29, 0.717) is 0 Å². The molecule has 1 rings (SSSR count). The third-order valence-electron chi connectivity index (χ3n) is 3.51. The molecule has 23 heavy (non-hydrogen) atoms. The number of methoxy groups -OCH3 is 1. The molecule has 8 heteroatoms. The smallest absolute Gasteiger partial charge is 0.279 e. The zero-order valence-electron chi connectivity index (χ0n) is 14.0. The third kappa shape index (κ3) is 5.80. The minimum absolute atomic E-state index is 0.135. The van der Waals surface area contributed by atoms with Gasteiger partial charge in [0, 0.05) is 32.6 Å². The number of benzene rings is 1. The number of nitriles is 1. The molecule has 0 aliphatic carbocycles. The molecular weight excluding hydrogens is 316 g/mol. The van der Waals surface area contributed by atoms with Crippen molar-refractivity contribution in [1.82, 2.24) is 13.9 Å². The summed E-state index contributed by atoms with van der Waals surface area (Å²) >= 11 is 0. The molecule has 0 heterocycles. The highest BCUT2D eigenvalue weighted by molar-refractivity contribution is 7.87. The molecule has 0 saturated carbocycles. The zero-order valence-corrected chi connectivity index (χ0v) is 14.8. The van der Waals surface area contributed by atoms with Gasteiger partial charge in [-0.15, -0.1) is 0 Å². The first-order valence-electron chi connectivity index (χ1n) is 7.20. The second kappa shape index (κ2) is 8.84. The van der Waals surface area contributed by atoms with Gasteiger partial charge in [0.1, 0.15) is 5.75 Å². The van der Waals surface area contributed by atoms with E-state index in [2.05, 4.69) is 4.72 Å². The molecule has 0 spiro atoms. The van der Waals surface area contributed by atoms with Crippen LogP contribution in [0.1, 0.15) is 18.0 Å². The molecule has 7 nitrogen and oxygen atoms in total. The number of ether oxygens (including phenoxy) is 1. The van der Waals surface area contributed by atoms with Crippen LogP contribution in [0.4, 0.5) is 0 Å². The Morgan fingerprint density at radius 1 is 1.35 bits per heavy atom. The van der Waals surface area contributed by atoms with Crippen molar-refractivity contribution in [2.24, 2.45) is 0 Å². The summed E-state index contributed by atoms with van der Waals surface area (Å²) < 4.78 is 33.3. The van der Waals surface area contributed by atoms with Gasteiger partial charge in [0.15, 0.2) is 0 Å². The number of hydrogen-bond donors (Lipinski definition) is 1. The van der Waals surface area contributed by atoms with Crippen LogP contribution < -0.4 is 9.46 Å². The van der Waals surface area contributed by atoms with E-state index in [-0.39, 0.29) is 25.6 Å². The highest BCUT2D eigenvalue weighted by Crippen LogP contribution is 2.22. The van der Waals surface area contributed by atoms with Crippen molar-refractivity contribution in [3.05, 3.63) is 29.8 Å². The lowest BCUT2D eigenvalue weighted by Crippen LogP contribution is -2.42. The van der Waals surface area contributed by atoms with Crippen LogP contribution in [0.3, 0.4) is 0 Å². The highest BCUT2D eigenvalue weighted by Gasteiger charge is 2.21. The Labute approximate surface area is 138 Å². The van der Waals surface area contributed by atoms with Crippen LogP contribution in [0.15, 0.2) is 24.3 Å². The van der Waals surface area contributed by atoms with Crippen molar-refractivity contribution in [2.75, 3.05) is 41.3 Å². The van der Waals surface area contributed by atoms with Gasteiger partial charge in [-0.3, -0.25) is 0 Å². The SMILES string of the molecule is COc1cccc(C(CNS(=O)(=O)N(C)CCC#N)N(C)C)c1. The first kappa shape index (κ1) is 19.4. The summed E-state index contributed by atoms with van der Waals surface area (Å²) in [6, 6.07) is 9.34. The second-order valence-corrected chi connectivity index (χ2v) is 7.20. The molecule has 1 unspecified atom stereocenters. The Balaban J connectivity index is 2.83. The molecule has 0 saturated heterocycles. The van der Waals surface area contributed by atoms with Gasteiger partial charge in [-0.2, -0.15) is 18.0 Å². The lowest BCUT2D eigenvalue weighted by Gasteiger charge is -2.26. The largest absolute Gasteiger partial charge is 0.497 e. The molecule has 0 amide bonds. The fourth-order valence-electron chi connectivity index (χ4n) is 2.07. The van der Waals surface area contributed by atoms with Crippen LogP contribution in [0.5, 0.6) is 5.75 Å². The summed E-state index contributed by atoms with van der Waals surface area (Å²) in [4.78, 5) is 1.94. The Morgan fingerprint density at radius 3 is 2.61 bits per heavy atom. The van der Waals surface area contributed by atoms with Gasteiger partial charge in [0.25, 0.3) is 10.2 Å². The first-order valence-corrected chi connectivity index (χ1v) is 8.64. The van der Waals surface area contributed by atoms with Crippen LogP contribution in [0.2, 0.25) is 0 Å². The molecule has 1 N–H and O–H groups in total. The topological polar surface area (TPSA) is 85.7 Å². The van der Waals surface area contributed by atoms with Crippen molar-refractivity contribution in [3.8, 4) is 11.8 Å². The van der Waals surface area contributed by atoms with E-state index < -0.39 is 10.2 Å². The zero-order chi connectivity index (χ0) is 17.5. The van der Waals surface area contributed by atoms with E-state index in [0.717, 1.165) is 15.6 Å². The normalized spacial score (nSPS) is 13.1. The van der Waals surface area contributed by atoms with Crippen molar-refractivity contribution in [2.45, 2.75) is 12.5 Å². The summed E-state index contributed by atoms with van der Waals surface area (Å²) in [5.74, 6) is 0.725. The lowest BCUT2D eigenvalue weighted by molar-refractivity contribution is 0.296. The highest BCUT2D eigenvalue weighted by atomic mass is 32.2. The quantitative estimate of drug-likeness (QED) is 0.724. The molecule has 128 valence electrons. The number of nitrogens with one attached hydrogen (secondary N) is 1. The number of rotatable bonds is 9. The molecule has 1 aromatic carbocycles. The van der Waals surface area contributed by atoms with Crippen molar-refractivity contribution < 1.29 is 13.2 Å². The fraction of sp³-hybridized carbons (Fsp3) is 0.533. The minimum Gasteiger partial charge on any atom is -0.497 e. The van der Waals surface area contributed by atoms with Crippen molar-refractivity contribution in [3.63, 3.8) is 0 Å². The summed E-state index contributed by atoms with van der Waals surface area (Å²) in [7, 11) is 3.21. The van der Waals surface area contributed by atoms with E-state index in [1.807, 2.05) is 49.3 Å². The molecule has 0 aliphatic rings. The molecule has 1 atom stereocenters. The lowest BCUT2D eigenvalue weighted by atomic mass is 10.1. The molecular formula is C15H24N4O3S. The van der Waals surface area contributed by atoms with Crippen molar-refractivity contribution in [1.29, 1.82) is 5.26 Å². The van der Waals surface area contributed by atoms with Gasteiger partial charge < -0.3 is 9.64 Å². The maximum Gasteiger partial charge on any atom is 0.279 e. The second-order valence-electron chi connectivity index (χ2n) is 5.34. The number of nitrogens with zero attached hydrogens (tertiary/aromatic N) is 3. The Hall–Kier alpha value is -1.66. The van der Waals surface area contributed by atoms with E-state index in [1.54, 1.807) is 7.11 Å². The van der Waals surface area contributed by atoms with E-state index >= 15 is 0 Å². The van der Waals surface area contributed by atoms with Gasteiger partial charge >= 0.3 is 0 Å². The summed E-state index contributed by atoms with van der Waals surface area (Å²) in [5.41, 5.74) is 0.955. The molecule has 0 fully saturated rings. The minimum atomic E-state index is -3.61. The van der Waals surface area contributed by atoms with E-state index in [9.17, 15) is 8.42 Å². The van der Waals surface area contributed by atoms with Gasteiger partial charge in [-0.25, -0.2) is 4.72 Å². The molecule has 0 radical (unpaired) electrons. The average Bonchev–Trinajstić information content (AvgIpc) is 2.52. The van der Waals surface area contributed by atoms with E-state index in [1.165, 1.54) is 7.05 Å². The Kier molecular flexibility index (Phi) is 7.45. The molecule has 0 aromatic heterocycles. The van der Waals surface area contributed by atoms with Crippen LogP contribution in [0, 0.1) is 11.3 Å². The van der Waals surface area contributed by atoms with Crippen LogP contribution in [-0.2, 0) is 10.2 Å². The van der Waals surface area contributed by atoms with Crippen LogP contribution in [0.25, 0.3) is 0 Å². The fourth-order valence-corrected chi connectivity index (χ4v) is 2.99. The van der Waals surface area contributed by atoms with E-state index in [4.69, 9.17) is 10.00 Å². The number of likely N-dealkylation sites (N-methyl/N-ethyl adjacent to an activating group) is 1. The van der Waals surface area contributed by atoms with Gasteiger partial charge in [0.05, 0.1) is 13.2 Å². The summed E-state index contributed by atoms with van der Waals surface area (Å²) in [6.45, 7) is 0.386. The van der Waals surface area contributed by atoms with Crippen molar-refractivity contribution >= 4 is 10.2 Å². The summed E-state index contributed by atoms with van der Waals surface area (Å²) in [6.07, 6.45) is 0.157. The molecule has 1 aromatic rings. The third-order valence-corrected chi connectivity index (χ3v) is 5.04. The van der Waals surface area contributed by atoms with Gasteiger partial charge in [-0.05, 0) is 31.8 Å². The Morgan fingerprint density at radius 2 is 2.04 bits per heavy atom. The molecule has 0 bridgehead atoms. The Bertz CT molecular complexity index is 640. The van der Waals surface area contributed by atoms with Crippen LogP contribution >= 0.6 is 0 Å². The predicted octanol–water partition coefficient (Wildman–Crippen LogP) is 0.978. The maximum atomic E-state index is 12.2. The first-order chi connectivity index (χ1) is 10.8. The van der Waals surface area contributed by atoms with Gasteiger partial charge in [0.2, 0.25) is 0 Å². The van der Waals surface area contributed by atoms with Gasteiger partial charge in [-0.1, -0.05) is 12.1 Å². The summed E-state index contributed by atoms with van der Waals surface area (Å²) in [5, 5.41) is 8.56. The number of hydrogen-bond acceptors (Lipinski definition) is 5. The maximum absolute atomic E-state index is 12.2.